The van der Waals surface area contributed by atoms with Crippen LogP contribution in [0.15, 0.2) is 33.9 Å². The lowest BCUT2D eigenvalue weighted by Gasteiger charge is -2.09. The maximum atomic E-state index is 12.2. The molecule has 1 aliphatic rings. The second-order valence-corrected chi connectivity index (χ2v) is 4.90. The van der Waals surface area contributed by atoms with Gasteiger partial charge in [-0.3, -0.25) is 19.5 Å². The van der Waals surface area contributed by atoms with Crippen LogP contribution in [-0.2, 0) is 16.1 Å². The third kappa shape index (κ3) is 2.18. The first-order valence-electron chi connectivity index (χ1n) is 6.49. The van der Waals surface area contributed by atoms with Gasteiger partial charge in [-0.05, 0) is 18.6 Å². The summed E-state index contributed by atoms with van der Waals surface area (Å²) in [6.45, 7) is 0.845. The summed E-state index contributed by atoms with van der Waals surface area (Å²) in [5, 5.41) is 3.12. The van der Waals surface area contributed by atoms with Crippen LogP contribution in [0.2, 0.25) is 0 Å². The largest absolute Gasteiger partial charge is 0.381 e. The standard InChI is InChI=1S/C14H14N2O4/c17-12(9-5-6-20-8-9)7-16-14(19)11-4-2-1-3-10(11)13(18)15-16/h1-4,9H,5-8H2,(H,15,18). The molecule has 0 bridgehead atoms. The van der Waals surface area contributed by atoms with Crippen LogP contribution < -0.4 is 11.1 Å². The number of aromatic amines is 1. The van der Waals surface area contributed by atoms with E-state index in [1.165, 1.54) is 0 Å². The van der Waals surface area contributed by atoms with Crippen molar-refractivity contribution in [3.63, 3.8) is 0 Å². The van der Waals surface area contributed by atoms with Gasteiger partial charge >= 0.3 is 0 Å². The minimum absolute atomic E-state index is 0.0875. The maximum Gasteiger partial charge on any atom is 0.273 e. The lowest BCUT2D eigenvalue weighted by molar-refractivity contribution is -0.123. The molecule has 1 aromatic carbocycles. The Kier molecular flexibility index (Phi) is 3.23. The van der Waals surface area contributed by atoms with Gasteiger partial charge in [-0.15, -0.1) is 0 Å². The van der Waals surface area contributed by atoms with Crippen LogP contribution in [0.5, 0.6) is 0 Å². The van der Waals surface area contributed by atoms with E-state index in [0.717, 1.165) is 4.68 Å². The third-order valence-corrected chi connectivity index (χ3v) is 3.58. The molecule has 0 radical (unpaired) electrons. The number of Topliss-reactive ketones (excluding diaryl/α,β-unsaturated/α-hetero) is 1. The Labute approximate surface area is 114 Å². The summed E-state index contributed by atoms with van der Waals surface area (Å²) in [6.07, 6.45) is 0.672. The molecule has 20 heavy (non-hydrogen) atoms. The zero-order valence-electron chi connectivity index (χ0n) is 10.8. The molecule has 3 rings (SSSR count). The summed E-state index contributed by atoms with van der Waals surface area (Å²) in [7, 11) is 0. The predicted octanol–water partition coefficient (Wildman–Crippen LogP) is 0.295. The molecular weight excluding hydrogens is 260 g/mol. The van der Waals surface area contributed by atoms with Gasteiger partial charge in [0.15, 0.2) is 5.78 Å². The number of ether oxygens (including phenoxy) is 1. The molecule has 0 amide bonds. The highest BCUT2D eigenvalue weighted by Gasteiger charge is 2.24. The Morgan fingerprint density at radius 1 is 1.30 bits per heavy atom. The molecule has 1 N–H and O–H groups in total. The van der Waals surface area contributed by atoms with Gasteiger partial charge in [0.25, 0.3) is 11.1 Å². The van der Waals surface area contributed by atoms with E-state index in [2.05, 4.69) is 5.10 Å². The van der Waals surface area contributed by atoms with Crippen molar-refractivity contribution in [2.45, 2.75) is 13.0 Å². The Morgan fingerprint density at radius 3 is 2.75 bits per heavy atom. The number of carbonyl (C=O) groups is 1. The van der Waals surface area contributed by atoms with Crippen molar-refractivity contribution in [2.24, 2.45) is 5.92 Å². The molecule has 0 spiro atoms. The molecule has 2 aromatic rings. The van der Waals surface area contributed by atoms with Crippen LogP contribution in [0.4, 0.5) is 0 Å². The number of rotatable bonds is 3. The summed E-state index contributed by atoms with van der Waals surface area (Å²) < 4.78 is 6.25. The second-order valence-electron chi connectivity index (χ2n) is 4.90. The smallest absolute Gasteiger partial charge is 0.273 e. The molecule has 1 fully saturated rings. The number of ketones is 1. The van der Waals surface area contributed by atoms with Gasteiger partial charge in [0.2, 0.25) is 0 Å². The van der Waals surface area contributed by atoms with Crippen molar-refractivity contribution < 1.29 is 9.53 Å². The van der Waals surface area contributed by atoms with E-state index in [1.807, 2.05) is 0 Å². The maximum absolute atomic E-state index is 12.2. The summed E-state index contributed by atoms with van der Waals surface area (Å²) >= 11 is 0. The molecule has 1 saturated heterocycles. The van der Waals surface area contributed by atoms with Crippen LogP contribution in [0.1, 0.15) is 6.42 Å². The van der Waals surface area contributed by atoms with E-state index in [0.29, 0.717) is 30.4 Å². The Morgan fingerprint density at radius 2 is 2.05 bits per heavy atom. The normalized spacial score (nSPS) is 18.5. The number of hydrogen-bond donors (Lipinski definition) is 1. The van der Waals surface area contributed by atoms with E-state index >= 15 is 0 Å². The van der Waals surface area contributed by atoms with Crippen molar-refractivity contribution in [3.05, 3.63) is 45.0 Å². The zero-order valence-corrected chi connectivity index (χ0v) is 10.8. The van der Waals surface area contributed by atoms with E-state index in [1.54, 1.807) is 24.3 Å². The Hall–Kier alpha value is -2.21. The SMILES string of the molecule is O=C(Cn1[nH]c(=O)c2ccccc2c1=O)C1CCOC1. The molecule has 1 unspecified atom stereocenters. The van der Waals surface area contributed by atoms with Crippen LogP contribution in [0.3, 0.4) is 0 Å². The minimum atomic E-state index is -0.365. The van der Waals surface area contributed by atoms with Gasteiger partial charge in [-0.25, -0.2) is 4.68 Å². The molecule has 104 valence electrons. The zero-order chi connectivity index (χ0) is 14.1. The highest BCUT2D eigenvalue weighted by Crippen LogP contribution is 2.13. The highest BCUT2D eigenvalue weighted by atomic mass is 16.5. The van der Waals surface area contributed by atoms with Crippen LogP contribution in [0.25, 0.3) is 10.8 Å². The quantitative estimate of drug-likeness (QED) is 0.872. The number of benzene rings is 1. The fraction of sp³-hybridized carbons (Fsp3) is 0.357. The van der Waals surface area contributed by atoms with Crippen molar-refractivity contribution in [1.29, 1.82) is 0 Å². The van der Waals surface area contributed by atoms with Gasteiger partial charge < -0.3 is 4.74 Å². The van der Waals surface area contributed by atoms with Gasteiger partial charge in [0, 0.05) is 12.5 Å². The van der Waals surface area contributed by atoms with Crippen molar-refractivity contribution in [3.8, 4) is 0 Å². The lowest BCUT2D eigenvalue weighted by atomic mass is 10.0. The van der Waals surface area contributed by atoms with Crippen molar-refractivity contribution >= 4 is 16.6 Å². The molecule has 1 aromatic heterocycles. The van der Waals surface area contributed by atoms with Gasteiger partial charge in [0.1, 0.15) is 6.54 Å². The van der Waals surface area contributed by atoms with Crippen molar-refractivity contribution in [2.75, 3.05) is 13.2 Å². The average Bonchev–Trinajstić information content (AvgIpc) is 2.99. The Balaban J connectivity index is 2.00. The fourth-order valence-corrected chi connectivity index (χ4v) is 2.43. The molecule has 0 aliphatic carbocycles. The summed E-state index contributed by atoms with van der Waals surface area (Å²) in [5.74, 6) is -0.271. The number of hydrogen-bond acceptors (Lipinski definition) is 4. The van der Waals surface area contributed by atoms with Crippen LogP contribution in [0, 0.1) is 5.92 Å². The van der Waals surface area contributed by atoms with Crippen molar-refractivity contribution in [1.82, 2.24) is 9.78 Å². The topological polar surface area (TPSA) is 81.2 Å². The van der Waals surface area contributed by atoms with Gasteiger partial charge in [0.05, 0.1) is 17.4 Å². The second kappa shape index (κ2) is 5.05. The van der Waals surface area contributed by atoms with Crippen LogP contribution >= 0.6 is 0 Å². The summed E-state index contributed by atoms with van der Waals surface area (Å²) in [4.78, 5) is 36.2. The predicted molar refractivity (Wildman–Crippen MR) is 72.8 cm³/mol. The number of aromatic nitrogens is 2. The van der Waals surface area contributed by atoms with Gasteiger partial charge in [-0.2, -0.15) is 0 Å². The summed E-state index contributed by atoms with van der Waals surface area (Å²) in [6, 6.07) is 6.57. The number of carbonyl (C=O) groups excluding carboxylic acids is 1. The average molecular weight is 274 g/mol. The monoisotopic (exact) mass is 274 g/mol. The molecular formula is C14H14N2O4. The molecule has 1 atom stereocenters. The van der Waals surface area contributed by atoms with E-state index in [-0.39, 0.29) is 29.4 Å². The molecule has 0 saturated carbocycles. The molecule has 6 heteroatoms. The summed E-state index contributed by atoms with van der Waals surface area (Å²) in [5.41, 5.74) is -0.719. The molecule has 1 aliphatic heterocycles. The van der Waals surface area contributed by atoms with E-state index in [4.69, 9.17) is 4.74 Å². The first kappa shape index (κ1) is 12.8. The lowest BCUT2D eigenvalue weighted by Crippen LogP contribution is -2.34. The third-order valence-electron chi connectivity index (χ3n) is 3.58. The first-order chi connectivity index (χ1) is 9.66. The fourth-order valence-electron chi connectivity index (χ4n) is 2.43. The molecule has 6 nitrogen and oxygen atoms in total. The number of nitrogens with one attached hydrogen (secondary N) is 1. The number of H-pyrrole nitrogens is 1. The van der Waals surface area contributed by atoms with E-state index in [9.17, 15) is 14.4 Å². The Bertz CT molecular complexity index is 769. The first-order valence-corrected chi connectivity index (χ1v) is 6.49. The number of fused-ring (bicyclic) bond motifs is 1. The van der Waals surface area contributed by atoms with E-state index < -0.39 is 0 Å². The number of nitrogens with zero attached hydrogens (tertiary/aromatic N) is 1. The van der Waals surface area contributed by atoms with Crippen LogP contribution in [-0.4, -0.2) is 28.8 Å². The minimum Gasteiger partial charge on any atom is -0.381 e. The molecule has 2 heterocycles. The highest BCUT2D eigenvalue weighted by molar-refractivity contribution is 5.82. The van der Waals surface area contributed by atoms with Gasteiger partial charge in [-0.1, -0.05) is 12.1 Å².